The fourth-order valence-electron chi connectivity index (χ4n) is 3.85. The van der Waals surface area contributed by atoms with Gasteiger partial charge in [0.05, 0.1) is 5.69 Å². The van der Waals surface area contributed by atoms with Gasteiger partial charge >= 0.3 is 6.09 Å². The second-order valence-electron chi connectivity index (χ2n) is 8.14. The Hall–Kier alpha value is -2.37. The minimum Gasteiger partial charge on any atom is -0.444 e. The molecule has 138 valence electrons. The lowest BCUT2D eigenvalue weighted by molar-refractivity contribution is 0.0270. The molecule has 0 unspecified atom stereocenters. The molecule has 0 spiro atoms. The first-order chi connectivity index (χ1) is 12.4. The zero-order valence-corrected chi connectivity index (χ0v) is 15.8. The van der Waals surface area contributed by atoms with Gasteiger partial charge in [0.25, 0.3) is 0 Å². The summed E-state index contributed by atoms with van der Waals surface area (Å²) in [5, 5.41) is 1.18. The van der Waals surface area contributed by atoms with Crippen molar-refractivity contribution in [1.82, 2.24) is 19.9 Å². The topological polar surface area (TPSA) is 71.1 Å². The van der Waals surface area contributed by atoms with Crippen molar-refractivity contribution >= 4 is 22.7 Å². The average molecular weight is 354 g/mol. The normalized spacial score (nSPS) is 17.8. The molecule has 0 saturated carbocycles. The molecular weight excluding hydrogens is 328 g/mol. The molecule has 1 aliphatic heterocycles. The third-order valence-electron chi connectivity index (χ3n) is 5.05. The summed E-state index contributed by atoms with van der Waals surface area (Å²) in [6, 6.07) is 0. The predicted molar refractivity (Wildman–Crippen MR) is 101 cm³/mol. The van der Waals surface area contributed by atoms with E-state index >= 15 is 0 Å². The van der Waals surface area contributed by atoms with Crippen LogP contribution in [0.2, 0.25) is 0 Å². The van der Waals surface area contributed by atoms with Crippen LogP contribution in [-0.2, 0) is 17.6 Å². The Labute approximate surface area is 153 Å². The quantitative estimate of drug-likeness (QED) is 0.844. The van der Waals surface area contributed by atoms with E-state index in [1.165, 1.54) is 35.1 Å². The van der Waals surface area contributed by atoms with Crippen molar-refractivity contribution in [2.45, 2.75) is 58.5 Å². The molecule has 26 heavy (non-hydrogen) atoms. The van der Waals surface area contributed by atoms with Gasteiger partial charge in [-0.15, -0.1) is 0 Å². The van der Waals surface area contributed by atoms with Crippen molar-refractivity contribution in [2.75, 3.05) is 13.1 Å². The molecule has 1 aliphatic carbocycles. The first-order valence-corrected chi connectivity index (χ1v) is 9.44. The standard InChI is InChI=1S/C20H26N4O2/c1-20(2,3)26-19(25)24-10-8-13(9-11-24)17-16-14-6-4-5-7-15(14)23-18(16)22-12-21-17/h8,12H,4-7,9-11H2,1-3H3,(H,21,22,23). The number of amides is 1. The lowest BCUT2D eigenvalue weighted by Crippen LogP contribution is -2.39. The summed E-state index contributed by atoms with van der Waals surface area (Å²) in [6.45, 7) is 6.88. The second-order valence-corrected chi connectivity index (χ2v) is 8.14. The highest BCUT2D eigenvalue weighted by Crippen LogP contribution is 2.34. The van der Waals surface area contributed by atoms with Crippen LogP contribution in [0, 0.1) is 0 Å². The first kappa shape index (κ1) is 17.1. The van der Waals surface area contributed by atoms with Crippen molar-refractivity contribution in [1.29, 1.82) is 0 Å². The van der Waals surface area contributed by atoms with E-state index < -0.39 is 5.60 Å². The van der Waals surface area contributed by atoms with Crippen LogP contribution in [0.25, 0.3) is 16.6 Å². The SMILES string of the molecule is CC(C)(C)OC(=O)N1CC=C(c2ncnc3[nH]c4c(c23)CCCC4)CC1. The molecule has 0 saturated heterocycles. The van der Waals surface area contributed by atoms with E-state index in [0.717, 1.165) is 30.6 Å². The average Bonchev–Trinajstić information content (AvgIpc) is 2.99. The lowest BCUT2D eigenvalue weighted by atomic mass is 9.93. The zero-order chi connectivity index (χ0) is 18.3. The molecular formula is C20H26N4O2. The maximum Gasteiger partial charge on any atom is 0.410 e. The molecule has 0 fully saturated rings. The van der Waals surface area contributed by atoms with Crippen LogP contribution in [0.15, 0.2) is 12.4 Å². The number of aromatic amines is 1. The van der Waals surface area contributed by atoms with Gasteiger partial charge in [-0.3, -0.25) is 0 Å². The summed E-state index contributed by atoms with van der Waals surface area (Å²) in [7, 11) is 0. The number of carbonyl (C=O) groups is 1. The predicted octanol–water partition coefficient (Wildman–Crippen LogP) is 3.86. The van der Waals surface area contributed by atoms with Crippen LogP contribution < -0.4 is 0 Å². The van der Waals surface area contributed by atoms with Gasteiger partial charge in [-0.05, 0) is 64.0 Å². The monoisotopic (exact) mass is 354 g/mol. The van der Waals surface area contributed by atoms with E-state index in [0.29, 0.717) is 13.1 Å². The number of ether oxygens (including phenoxy) is 1. The molecule has 2 aromatic rings. The summed E-state index contributed by atoms with van der Waals surface area (Å²) in [4.78, 5) is 26.6. The molecule has 1 N–H and O–H groups in total. The van der Waals surface area contributed by atoms with Crippen LogP contribution in [0.5, 0.6) is 0 Å². The van der Waals surface area contributed by atoms with Gasteiger partial charge in [-0.1, -0.05) is 6.08 Å². The van der Waals surface area contributed by atoms with Gasteiger partial charge in [0.15, 0.2) is 0 Å². The number of hydrogen-bond acceptors (Lipinski definition) is 4. The molecule has 3 heterocycles. The van der Waals surface area contributed by atoms with E-state index in [-0.39, 0.29) is 6.09 Å². The molecule has 2 aromatic heterocycles. The third-order valence-corrected chi connectivity index (χ3v) is 5.05. The van der Waals surface area contributed by atoms with Crippen molar-refractivity contribution in [3.8, 4) is 0 Å². The van der Waals surface area contributed by atoms with Crippen molar-refractivity contribution in [3.63, 3.8) is 0 Å². The third kappa shape index (κ3) is 3.20. The van der Waals surface area contributed by atoms with E-state index in [9.17, 15) is 4.79 Å². The van der Waals surface area contributed by atoms with Crippen LogP contribution in [0.3, 0.4) is 0 Å². The van der Waals surface area contributed by atoms with E-state index in [1.54, 1.807) is 11.2 Å². The number of aryl methyl sites for hydroxylation is 2. The van der Waals surface area contributed by atoms with Crippen LogP contribution in [-0.4, -0.2) is 44.6 Å². The Morgan fingerprint density at radius 3 is 2.73 bits per heavy atom. The Morgan fingerprint density at radius 2 is 2.00 bits per heavy atom. The highest BCUT2D eigenvalue weighted by Gasteiger charge is 2.26. The van der Waals surface area contributed by atoms with E-state index in [2.05, 4.69) is 21.0 Å². The van der Waals surface area contributed by atoms with Crippen LogP contribution in [0.4, 0.5) is 4.79 Å². The number of fused-ring (bicyclic) bond motifs is 3. The van der Waals surface area contributed by atoms with Gasteiger partial charge in [0.2, 0.25) is 0 Å². The van der Waals surface area contributed by atoms with Crippen molar-refractivity contribution in [3.05, 3.63) is 29.4 Å². The zero-order valence-electron chi connectivity index (χ0n) is 15.8. The maximum absolute atomic E-state index is 12.3. The number of nitrogens with one attached hydrogen (secondary N) is 1. The number of nitrogens with zero attached hydrogens (tertiary/aromatic N) is 3. The van der Waals surface area contributed by atoms with Crippen molar-refractivity contribution in [2.24, 2.45) is 0 Å². The largest absolute Gasteiger partial charge is 0.444 e. The number of aromatic nitrogens is 3. The highest BCUT2D eigenvalue weighted by atomic mass is 16.6. The second kappa shape index (κ2) is 6.41. The van der Waals surface area contributed by atoms with Gasteiger partial charge < -0.3 is 14.6 Å². The van der Waals surface area contributed by atoms with Gasteiger partial charge in [-0.25, -0.2) is 14.8 Å². The maximum atomic E-state index is 12.3. The van der Waals surface area contributed by atoms with Crippen molar-refractivity contribution < 1.29 is 9.53 Å². The molecule has 2 aliphatic rings. The van der Waals surface area contributed by atoms with E-state index in [4.69, 9.17) is 4.74 Å². The fraction of sp³-hybridized carbons (Fsp3) is 0.550. The highest BCUT2D eigenvalue weighted by molar-refractivity contribution is 5.92. The molecule has 1 amide bonds. The molecule has 4 rings (SSSR count). The first-order valence-electron chi connectivity index (χ1n) is 9.44. The molecule has 0 bridgehead atoms. The Kier molecular flexibility index (Phi) is 4.21. The molecule has 0 atom stereocenters. The number of H-pyrrole nitrogens is 1. The van der Waals surface area contributed by atoms with Gasteiger partial charge in [0, 0.05) is 24.2 Å². The molecule has 0 aromatic carbocycles. The minimum atomic E-state index is -0.468. The van der Waals surface area contributed by atoms with Gasteiger partial charge in [-0.2, -0.15) is 0 Å². The number of rotatable bonds is 1. The summed E-state index contributed by atoms with van der Waals surface area (Å²) >= 11 is 0. The molecule has 6 heteroatoms. The van der Waals surface area contributed by atoms with E-state index in [1.807, 2.05) is 20.8 Å². The summed E-state index contributed by atoms with van der Waals surface area (Å²) in [5.41, 5.74) is 5.40. The summed E-state index contributed by atoms with van der Waals surface area (Å²) in [6.07, 6.45) is 8.92. The van der Waals surface area contributed by atoms with Gasteiger partial charge in [0.1, 0.15) is 17.6 Å². The molecule has 0 radical (unpaired) electrons. The number of hydrogen-bond donors (Lipinski definition) is 1. The Balaban J connectivity index is 1.61. The molecule has 6 nitrogen and oxygen atoms in total. The lowest BCUT2D eigenvalue weighted by Gasteiger charge is -2.29. The minimum absolute atomic E-state index is 0.250. The fourth-order valence-corrected chi connectivity index (χ4v) is 3.85. The Bertz CT molecular complexity index is 876. The smallest absolute Gasteiger partial charge is 0.410 e. The summed E-state index contributed by atoms with van der Waals surface area (Å²) < 4.78 is 5.48. The summed E-state index contributed by atoms with van der Waals surface area (Å²) in [5.74, 6) is 0. The van der Waals surface area contributed by atoms with Crippen LogP contribution in [0.1, 0.15) is 57.0 Å². The van der Waals surface area contributed by atoms with Crippen LogP contribution >= 0.6 is 0 Å². The number of carbonyl (C=O) groups excluding carboxylic acids is 1. The Morgan fingerprint density at radius 1 is 1.19 bits per heavy atom.